The third kappa shape index (κ3) is 8.21. The Kier molecular flexibility index (Phi) is 9.51. The highest BCUT2D eigenvalue weighted by molar-refractivity contribution is 5.77. The zero-order chi connectivity index (χ0) is 27.0. The van der Waals surface area contributed by atoms with Gasteiger partial charge in [0.25, 0.3) is 0 Å². The second-order valence-corrected chi connectivity index (χ2v) is 10.4. The summed E-state index contributed by atoms with van der Waals surface area (Å²) in [7, 11) is 1.57. The van der Waals surface area contributed by atoms with Crippen LogP contribution in [-0.4, -0.2) is 18.2 Å². The quantitative estimate of drug-likeness (QED) is 0.284. The third-order valence-electron chi connectivity index (χ3n) is 6.14. The Morgan fingerprint density at radius 3 is 2.49 bits per heavy atom. The predicted molar refractivity (Wildman–Crippen MR) is 148 cm³/mol. The van der Waals surface area contributed by atoms with Gasteiger partial charge in [-0.1, -0.05) is 70.5 Å². The average Bonchev–Trinajstić information content (AvgIpc) is 2.86. The summed E-state index contributed by atoms with van der Waals surface area (Å²) in [6, 6.07) is 18.3. The number of allylic oxidation sites excluding steroid dienone is 1. The number of carbonyl (C=O) groups is 1. The molecule has 0 fully saturated rings. The largest absolute Gasteiger partial charge is 0.497 e. The molecule has 0 unspecified atom stereocenters. The minimum Gasteiger partial charge on any atom is -0.497 e. The van der Waals surface area contributed by atoms with Crippen LogP contribution >= 0.6 is 0 Å². The van der Waals surface area contributed by atoms with E-state index in [9.17, 15) is 14.3 Å². The normalized spacial score (nSPS) is 12.5. The number of benzene rings is 3. The lowest BCUT2D eigenvalue weighted by molar-refractivity contribution is -0.137. The molecule has 37 heavy (non-hydrogen) atoms. The highest BCUT2D eigenvalue weighted by Gasteiger charge is 2.16. The van der Waals surface area contributed by atoms with Crippen molar-refractivity contribution in [3.8, 4) is 22.6 Å². The van der Waals surface area contributed by atoms with E-state index in [1.54, 1.807) is 19.2 Å². The Hall–Kier alpha value is -3.60. The van der Waals surface area contributed by atoms with Gasteiger partial charge in [0.15, 0.2) is 0 Å². The Bertz CT molecular complexity index is 1240. The molecule has 0 aliphatic rings. The number of aliphatic carboxylic acids is 1. The number of methoxy groups -OCH3 is 1. The second kappa shape index (κ2) is 12.6. The van der Waals surface area contributed by atoms with Crippen molar-refractivity contribution in [3.05, 3.63) is 89.2 Å². The SMILES string of the molecule is CCC[C@H](CC(=O)O)c1cccc(OCc2ccc(-c3cc(OC)ccc3F)c(C=CC(C)(C)C)c2)c1. The van der Waals surface area contributed by atoms with Crippen molar-refractivity contribution < 1.29 is 23.8 Å². The molecule has 3 rings (SSSR count). The van der Waals surface area contributed by atoms with Crippen molar-refractivity contribution >= 4 is 12.0 Å². The maximum absolute atomic E-state index is 14.8. The standard InChI is InChI=1S/C32H37FO4/c1-6-8-23(19-31(34)35)24-9-7-10-27(18-24)37-21-22-11-13-28(25(17-22)15-16-32(2,3)4)29-20-26(36-5)12-14-30(29)33/h7,9-18,20,23H,6,8,19,21H2,1-5H3,(H,34,35)/t23-/m1/s1. The lowest BCUT2D eigenvalue weighted by atomic mass is 9.91. The maximum atomic E-state index is 14.8. The van der Waals surface area contributed by atoms with E-state index < -0.39 is 5.97 Å². The van der Waals surface area contributed by atoms with Crippen LogP contribution in [0.25, 0.3) is 17.2 Å². The summed E-state index contributed by atoms with van der Waals surface area (Å²) in [5, 5.41) is 9.30. The van der Waals surface area contributed by atoms with Crippen LogP contribution in [0, 0.1) is 11.2 Å². The fourth-order valence-corrected chi connectivity index (χ4v) is 4.23. The molecule has 0 saturated carbocycles. The summed E-state index contributed by atoms with van der Waals surface area (Å²) in [5.74, 6) is 0.137. The number of carboxylic acids is 1. The molecular formula is C32H37FO4. The minimum absolute atomic E-state index is 0.0396. The molecule has 0 amide bonds. The van der Waals surface area contributed by atoms with Crippen molar-refractivity contribution in [2.45, 2.75) is 59.5 Å². The summed E-state index contributed by atoms with van der Waals surface area (Å²) in [4.78, 5) is 11.3. The van der Waals surface area contributed by atoms with Crippen molar-refractivity contribution in [3.63, 3.8) is 0 Å². The molecule has 0 aliphatic carbocycles. The van der Waals surface area contributed by atoms with Crippen LogP contribution in [0.15, 0.2) is 66.7 Å². The lowest BCUT2D eigenvalue weighted by Crippen LogP contribution is -2.06. The van der Waals surface area contributed by atoms with Gasteiger partial charge < -0.3 is 14.6 Å². The number of carboxylic acid groups (broad SMARTS) is 1. The third-order valence-corrected chi connectivity index (χ3v) is 6.14. The van der Waals surface area contributed by atoms with Gasteiger partial charge in [0, 0.05) is 5.56 Å². The summed E-state index contributed by atoms with van der Waals surface area (Å²) in [6.07, 6.45) is 5.95. The Labute approximate surface area is 219 Å². The predicted octanol–water partition coefficient (Wildman–Crippen LogP) is 8.50. The number of rotatable bonds is 11. The lowest BCUT2D eigenvalue weighted by Gasteiger charge is -2.17. The van der Waals surface area contributed by atoms with Gasteiger partial charge in [-0.3, -0.25) is 4.79 Å². The highest BCUT2D eigenvalue weighted by Crippen LogP contribution is 2.33. The van der Waals surface area contributed by atoms with Gasteiger partial charge in [-0.05, 0) is 76.4 Å². The van der Waals surface area contributed by atoms with E-state index in [1.807, 2.05) is 48.5 Å². The number of halogens is 1. The zero-order valence-corrected chi connectivity index (χ0v) is 22.4. The van der Waals surface area contributed by atoms with Gasteiger partial charge in [0.2, 0.25) is 0 Å². The Morgan fingerprint density at radius 1 is 1.03 bits per heavy atom. The summed E-state index contributed by atoms with van der Waals surface area (Å²) >= 11 is 0. The number of hydrogen-bond acceptors (Lipinski definition) is 3. The van der Waals surface area contributed by atoms with Gasteiger partial charge in [0.1, 0.15) is 23.9 Å². The molecule has 0 spiro atoms. The first-order valence-corrected chi connectivity index (χ1v) is 12.7. The van der Waals surface area contributed by atoms with Crippen LogP contribution in [-0.2, 0) is 11.4 Å². The second-order valence-electron chi connectivity index (χ2n) is 10.4. The van der Waals surface area contributed by atoms with E-state index in [0.29, 0.717) is 23.7 Å². The first-order valence-electron chi connectivity index (χ1n) is 12.7. The van der Waals surface area contributed by atoms with Crippen LogP contribution < -0.4 is 9.47 Å². The van der Waals surface area contributed by atoms with Crippen molar-refractivity contribution in [2.24, 2.45) is 5.41 Å². The van der Waals surface area contributed by atoms with Crippen LogP contribution in [0.3, 0.4) is 0 Å². The molecule has 5 heteroatoms. The fourth-order valence-electron chi connectivity index (χ4n) is 4.23. The van der Waals surface area contributed by atoms with Crippen molar-refractivity contribution in [1.82, 2.24) is 0 Å². The molecule has 3 aromatic rings. The summed E-state index contributed by atoms with van der Waals surface area (Å²) in [6.45, 7) is 8.74. The first-order chi connectivity index (χ1) is 17.6. The van der Waals surface area contributed by atoms with E-state index in [2.05, 4.69) is 33.8 Å². The molecule has 0 aliphatic heterocycles. The van der Waals surface area contributed by atoms with Crippen molar-refractivity contribution in [1.29, 1.82) is 0 Å². The smallest absolute Gasteiger partial charge is 0.303 e. The van der Waals surface area contributed by atoms with E-state index in [-0.39, 0.29) is 23.6 Å². The fraction of sp³-hybridized carbons (Fsp3) is 0.344. The van der Waals surface area contributed by atoms with Gasteiger partial charge >= 0.3 is 5.97 Å². The molecule has 0 heterocycles. The maximum Gasteiger partial charge on any atom is 0.303 e. The van der Waals surface area contributed by atoms with Crippen LogP contribution in [0.5, 0.6) is 11.5 Å². The summed E-state index contributed by atoms with van der Waals surface area (Å²) < 4.78 is 26.2. The topological polar surface area (TPSA) is 55.8 Å². The summed E-state index contributed by atoms with van der Waals surface area (Å²) in [5.41, 5.74) is 4.02. The van der Waals surface area contributed by atoms with Crippen LogP contribution in [0.2, 0.25) is 0 Å². The minimum atomic E-state index is -0.798. The highest BCUT2D eigenvalue weighted by atomic mass is 19.1. The molecule has 4 nitrogen and oxygen atoms in total. The molecule has 1 atom stereocenters. The van der Waals surface area contributed by atoms with E-state index in [0.717, 1.165) is 35.1 Å². The van der Waals surface area contributed by atoms with E-state index >= 15 is 0 Å². The van der Waals surface area contributed by atoms with Gasteiger partial charge in [-0.15, -0.1) is 0 Å². The average molecular weight is 505 g/mol. The molecule has 1 N–H and O–H groups in total. The number of ether oxygens (including phenoxy) is 2. The monoisotopic (exact) mass is 504 g/mol. The molecular weight excluding hydrogens is 467 g/mol. The Morgan fingerprint density at radius 2 is 1.81 bits per heavy atom. The number of hydrogen-bond donors (Lipinski definition) is 1. The molecule has 3 aromatic carbocycles. The Balaban J connectivity index is 1.89. The van der Waals surface area contributed by atoms with Crippen LogP contribution in [0.4, 0.5) is 4.39 Å². The molecule has 0 radical (unpaired) electrons. The van der Waals surface area contributed by atoms with Crippen molar-refractivity contribution in [2.75, 3.05) is 7.11 Å². The van der Waals surface area contributed by atoms with Gasteiger partial charge in [-0.2, -0.15) is 0 Å². The molecule has 0 saturated heterocycles. The van der Waals surface area contributed by atoms with Crippen LogP contribution in [0.1, 0.15) is 69.6 Å². The van der Waals surface area contributed by atoms with Gasteiger partial charge in [-0.25, -0.2) is 4.39 Å². The molecule has 0 bridgehead atoms. The van der Waals surface area contributed by atoms with E-state index in [4.69, 9.17) is 9.47 Å². The zero-order valence-electron chi connectivity index (χ0n) is 22.4. The molecule has 196 valence electrons. The molecule has 0 aromatic heterocycles. The van der Waals surface area contributed by atoms with E-state index in [1.165, 1.54) is 6.07 Å². The van der Waals surface area contributed by atoms with Gasteiger partial charge in [0.05, 0.1) is 13.5 Å². The first kappa shape index (κ1) is 28.0.